The minimum atomic E-state index is -0.573. The third-order valence-electron chi connectivity index (χ3n) is 3.66. The highest BCUT2D eigenvalue weighted by Gasteiger charge is 2.19. The van der Waals surface area contributed by atoms with Gasteiger partial charge in [0.15, 0.2) is 6.10 Å². The molecule has 2 unspecified atom stereocenters. The van der Waals surface area contributed by atoms with Crippen LogP contribution in [-0.2, 0) is 16.0 Å². The summed E-state index contributed by atoms with van der Waals surface area (Å²) in [7, 11) is 0. The number of fused-ring (bicyclic) bond motifs is 1. The molecular formula is C16H22N2O3. The third-order valence-corrected chi connectivity index (χ3v) is 3.66. The highest BCUT2D eigenvalue weighted by Crippen LogP contribution is 2.27. The van der Waals surface area contributed by atoms with E-state index in [9.17, 15) is 9.59 Å². The van der Waals surface area contributed by atoms with Crippen molar-refractivity contribution in [1.82, 2.24) is 5.32 Å². The maximum Gasteiger partial charge on any atom is 0.260 e. The van der Waals surface area contributed by atoms with Gasteiger partial charge in [-0.25, -0.2) is 0 Å². The Kier molecular flexibility index (Phi) is 4.83. The number of hydrogen-bond acceptors (Lipinski definition) is 3. The second kappa shape index (κ2) is 6.61. The molecule has 2 amide bonds. The summed E-state index contributed by atoms with van der Waals surface area (Å²) in [5.74, 6) is 0.469. The van der Waals surface area contributed by atoms with Crippen LogP contribution in [0.15, 0.2) is 18.2 Å². The van der Waals surface area contributed by atoms with Crippen LogP contribution in [0.5, 0.6) is 5.75 Å². The topological polar surface area (TPSA) is 67.4 Å². The number of benzene rings is 1. The van der Waals surface area contributed by atoms with Crippen LogP contribution >= 0.6 is 0 Å². The highest BCUT2D eigenvalue weighted by molar-refractivity contribution is 5.94. The van der Waals surface area contributed by atoms with Gasteiger partial charge in [0.05, 0.1) is 0 Å². The van der Waals surface area contributed by atoms with Crippen molar-refractivity contribution < 1.29 is 14.3 Å². The fraction of sp³-hybridized carbons (Fsp3) is 0.500. The molecule has 114 valence electrons. The standard InChI is InChI=1S/C16H22N2O3/c1-4-10(2)17-16(20)11(3)21-13-7-5-12-6-8-15(19)18-14(12)9-13/h5,7,9-11H,4,6,8H2,1-3H3,(H,17,20)(H,18,19). The second-order valence-electron chi connectivity index (χ2n) is 5.45. The Morgan fingerprint density at radius 1 is 1.38 bits per heavy atom. The van der Waals surface area contributed by atoms with Crippen molar-refractivity contribution in [2.75, 3.05) is 5.32 Å². The van der Waals surface area contributed by atoms with Gasteiger partial charge in [0.2, 0.25) is 5.91 Å². The van der Waals surface area contributed by atoms with Gasteiger partial charge in [-0.15, -0.1) is 0 Å². The van der Waals surface area contributed by atoms with E-state index in [4.69, 9.17) is 4.74 Å². The Labute approximate surface area is 125 Å². The average molecular weight is 290 g/mol. The molecule has 2 atom stereocenters. The lowest BCUT2D eigenvalue weighted by Crippen LogP contribution is -2.41. The minimum Gasteiger partial charge on any atom is -0.481 e. The molecule has 2 rings (SSSR count). The molecule has 1 heterocycles. The van der Waals surface area contributed by atoms with Crippen LogP contribution in [0.1, 0.15) is 39.2 Å². The zero-order valence-electron chi connectivity index (χ0n) is 12.7. The van der Waals surface area contributed by atoms with Gasteiger partial charge in [-0.1, -0.05) is 13.0 Å². The monoisotopic (exact) mass is 290 g/mol. The van der Waals surface area contributed by atoms with Gasteiger partial charge >= 0.3 is 0 Å². The van der Waals surface area contributed by atoms with Gasteiger partial charge in [-0.05, 0) is 38.3 Å². The molecule has 0 radical (unpaired) electrons. The van der Waals surface area contributed by atoms with Crippen LogP contribution in [-0.4, -0.2) is 24.0 Å². The van der Waals surface area contributed by atoms with Gasteiger partial charge in [0.1, 0.15) is 5.75 Å². The molecule has 0 bridgehead atoms. The zero-order valence-corrected chi connectivity index (χ0v) is 12.7. The quantitative estimate of drug-likeness (QED) is 0.874. The Hall–Kier alpha value is -2.04. The van der Waals surface area contributed by atoms with Gasteiger partial charge in [0, 0.05) is 24.2 Å². The average Bonchev–Trinajstić information content (AvgIpc) is 2.46. The first kappa shape index (κ1) is 15.4. The van der Waals surface area contributed by atoms with Gasteiger partial charge in [-0.3, -0.25) is 9.59 Å². The van der Waals surface area contributed by atoms with Gasteiger partial charge in [-0.2, -0.15) is 0 Å². The summed E-state index contributed by atoms with van der Waals surface area (Å²) in [6.07, 6.45) is 1.56. The van der Waals surface area contributed by atoms with E-state index >= 15 is 0 Å². The van der Waals surface area contributed by atoms with Crippen LogP contribution in [0, 0.1) is 0 Å². The molecule has 5 nitrogen and oxygen atoms in total. The first-order chi connectivity index (χ1) is 9.99. The smallest absolute Gasteiger partial charge is 0.260 e. The van der Waals surface area contributed by atoms with Crippen LogP contribution < -0.4 is 15.4 Å². The van der Waals surface area contributed by atoms with Gasteiger partial charge < -0.3 is 15.4 Å². The Balaban J connectivity index is 2.01. The van der Waals surface area contributed by atoms with E-state index in [0.717, 1.165) is 24.1 Å². The normalized spacial score (nSPS) is 16.4. The van der Waals surface area contributed by atoms with Crippen LogP contribution in [0.2, 0.25) is 0 Å². The number of ether oxygens (including phenoxy) is 1. The molecule has 0 aromatic heterocycles. The van der Waals surface area contributed by atoms with E-state index in [1.165, 1.54) is 0 Å². The summed E-state index contributed by atoms with van der Waals surface area (Å²) >= 11 is 0. The number of nitrogens with one attached hydrogen (secondary N) is 2. The number of carbonyl (C=O) groups excluding carboxylic acids is 2. The lowest BCUT2D eigenvalue weighted by molar-refractivity contribution is -0.127. The molecule has 1 aliphatic heterocycles. The predicted octanol–water partition coefficient (Wildman–Crippen LogP) is 2.25. The molecule has 1 aliphatic rings. The van der Waals surface area contributed by atoms with Crippen LogP contribution in [0.3, 0.4) is 0 Å². The summed E-state index contributed by atoms with van der Waals surface area (Å²) < 4.78 is 5.66. The van der Waals surface area contributed by atoms with E-state index in [1.807, 2.05) is 26.0 Å². The molecule has 0 fully saturated rings. The molecule has 5 heteroatoms. The summed E-state index contributed by atoms with van der Waals surface area (Å²) in [4.78, 5) is 23.4. The highest BCUT2D eigenvalue weighted by atomic mass is 16.5. The van der Waals surface area contributed by atoms with Crippen molar-refractivity contribution >= 4 is 17.5 Å². The Morgan fingerprint density at radius 3 is 2.86 bits per heavy atom. The maximum atomic E-state index is 12.0. The van der Waals surface area contributed by atoms with E-state index in [-0.39, 0.29) is 17.9 Å². The fourth-order valence-electron chi connectivity index (χ4n) is 2.14. The number of rotatable bonds is 5. The second-order valence-corrected chi connectivity index (χ2v) is 5.45. The number of hydrogen-bond donors (Lipinski definition) is 2. The first-order valence-electron chi connectivity index (χ1n) is 7.39. The first-order valence-corrected chi connectivity index (χ1v) is 7.39. The minimum absolute atomic E-state index is 0.0159. The van der Waals surface area contributed by atoms with Crippen molar-refractivity contribution in [3.63, 3.8) is 0 Å². The number of carbonyl (C=O) groups is 2. The van der Waals surface area contributed by atoms with Crippen molar-refractivity contribution in [2.24, 2.45) is 0 Å². The summed E-state index contributed by atoms with van der Waals surface area (Å²) in [6, 6.07) is 5.68. The van der Waals surface area contributed by atoms with Crippen molar-refractivity contribution in [1.29, 1.82) is 0 Å². The Morgan fingerprint density at radius 2 is 2.14 bits per heavy atom. The number of amides is 2. The van der Waals surface area contributed by atoms with E-state index in [2.05, 4.69) is 10.6 Å². The molecule has 0 saturated heterocycles. The summed E-state index contributed by atoms with van der Waals surface area (Å²) in [5, 5.41) is 5.71. The van der Waals surface area contributed by atoms with E-state index < -0.39 is 6.10 Å². The summed E-state index contributed by atoms with van der Waals surface area (Å²) in [6.45, 7) is 5.69. The molecule has 21 heavy (non-hydrogen) atoms. The lowest BCUT2D eigenvalue weighted by atomic mass is 10.0. The van der Waals surface area contributed by atoms with Crippen molar-refractivity contribution in [3.05, 3.63) is 23.8 Å². The van der Waals surface area contributed by atoms with Crippen molar-refractivity contribution in [3.8, 4) is 5.75 Å². The molecule has 1 aromatic rings. The fourth-order valence-corrected chi connectivity index (χ4v) is 2.14. The molecule has 0 aliphatic carbocycles. The van der Waals surface area contributed by atoms with E-state index in [0.29, 0.717) is 12.2 Å². The third kappa shape index (κ3) is 3.97. The van der Waals surface area contributed by atoms with Crippen LogP contribution in [0.4, 0.5) is 5.69 Å². The molecule has 0 spiro atoms. The number of anilines is 1. The molecule has 1 aromatic carbocycles. The van der Waals surface area contributed by atoms with Gasteiger partial charge in [0.25, 0.3) is 5.91 Å². The number of aryl methyl sites for hydroxylation is 1. The molecular weight excluding hydrogens is 268 g/mol. The molecule has 0 saturated carbocycles. The van der Waals surface area contributed by atoms with Crippen LogP contribution in [0.25, 0.3) is 0 Å². The van der Waals surface area contributed by atoms with E-state index in [1.54, 1.807) is 13.0 Å². The SMILES string of the molecule is CCC(C)NC(=O)C(C)Oc1ccc2c(c1)NC(=O)CC2. The lowest BCUT2D eigenvalue weighted by Gasteiger charge is -2.20. The largest absolute Gasteiger partial charge is 0.481 e. The predicted molar refractivity (Wildman–Crippen MR) is 81.4 cm³/mol. The maximum absolute atomic E-state index is 12.0. The van der Waals surface area contributed by atoms with Crippen molar-refractivity contribution in [2.45, 2.75) is 52.2 Å². The Bertz CT molecular complexity index is 542. The summed E-state index contributed by atoms with van der Waals surface area (Å²) in [5.41, 5.74) is 1.87. The molecule has 2 N–H and O–H groups in total. The zero-order chi connectivity index (χ0) is 15.4.